The third-order valence-electron chi connectivity index (χ3n) is 2.76. The van der Waals surface area contributed by atoms with E-state index in [-0.39, 0.29) is 31.0 Å². The largest absolute Gasteiger partial charge is 0.416 e. The Kier molecular flexibility index (Phi) is 3.46. The molecule has 1 aliphatic heterocycles. The van der Waals surface area contributed by atoms with Crippen molar-refractivity contribution in [3.8, 4) is 0 Å². The van der Waals surface area contributed by atoms with Crippen LogP contribution in [0.1, 0.15) is 17.5 Å². The fourth-order valence-corrected chi connectivity index (χ4v) is 1.81. The van der Waals surface area contributed by atoms with Gasteiger partial charge in [-0.2, -0.15) is 13.2 Å². The number of rotatable bonds is 2. The van der Waals surface area contributed by atoms with Crippen LogP contribution in [-0.4, -0.2) is 23.4 Å². The van der Waals surface area contributed by atoms with Gasteiger partial charge < -0.3 is 5.32 Å². The van der Waals surface area contributed by atoms with Crippen molar-refractivity contribution in [3.05, 3.63) is 35.4 Å². The number of carbonyl (C=O) groups excluding carboxylic acids is 2. The second kappa shape index (κ2) is 4.91. The van der Waals surface area contributed by atoms with Gasteiger partial charge in [0, 0.05) is 13.0 Å². The number of nitrogens with zero attached hydrogens (tertiary/aromatic N) is 1. The van der Waals surface area contributed by atoms with E-state index in [1.165, 1.54) is 12.1 Å². The van der Waals surface area contributed by atoms with Gasteiger partial charge in [-0.05, 0) is 17.7 Å². The third kappa shape index (κ3) is 3.04. The Balaban J connectivity index is 2.19. The number of amides is 3. The number of benzene rings is 1. The van der Waals surface area contributed by atoms with Crippen molar-refractivity contribution in [1.29, 1.82) is 0 Å². The van der Waals surface area contributed by atoms with E-state index < -0.39 is 17.8 Å². The molecule has 0 aromatic heterocycles. The molecular weight excluding hydrogens is 261 g/mol. The number of halogens is 3. The average molecular weight is 272 g/mol. The van der Waals surface area contributed by atoms with Crippen molar-refractivity contribution in [2.45, 2.75) is 19.1 Å². The van der Waals surface area contributed by atoms with E-state index in [4.69, 9.17) is 0 Å². The molecule has 0 unspecified atom stereocenters. The summed E-state index contributed by atoms with van der Waals surface area (Å²) in [4.78, 5) is 23.9. The summed E-state index contributed by atoms with van der Waals surface area (Å²) < 4.78 is 37.6. The summed E-state index contributed by atoms with van der Waals surface area (Å²) in [6, 6.07) is 4.01. The molecule has 0 bridgehead atoms. The van der Waals surface area contributed by atoms with Gasteiger partial charge in [-0.25, -0.2) is 4.79 Å². The molecule has 19 heavy (non-hydrogen) atoms. The highest BCUT2D eigenvalue weighted by atomic mass is 19.4. The molecule has 0 radical (unpaired) electrons. The number of hydrogen-bond donors (Lipinski definition) is 1. The molecule has 0 saturated carbocycles. The van der Waals surface area contributed by atoms with Crippen LogP contribution in [0.15, 0.2) is 24.3 Å². The summed E-state index contributed by atoms with van der Waals surface area (Å²) in [7, 11) is 0. The SMILES string of the molecule is O=C1CCNC(=O)N1Cc1cccc(C(F)(F)F)c1. The Bertz CT molecular complexity index is 498. The highest BCUT2D eigenvalue weighted by Gasteiger charge is 2.31. The van der Waals surface area contributed by atoms with Crippen molar-refractivity contribution in [2.75, 3.05) is 6.54 Å². The van der Waals surface area contributed by atoms with Crippen molar-refractivity contribution >= 4 is 11.9 Å². The van der Waals surface area contributed by atoms with Crippen LogP contribution in [0.5, 0.6) is 0 Å². The number of imide groups is 1. The smallest absolute Gasteiger partial charge is 0.337 e. The predicted octanol–water partition coefficient (Wildman–Crippen LogP) is 2.15. The molecule has 0 spiro atoms. The summed E-state index contributed by atoms with van der Waals surface area (Å²) >= 11 is 0. The zero-order chi connectivity index (χ0) is 14.0. The molecule has 0 atom stereocenters. The van der Waals surface area contributed by atoms with Crippen LogP contribution in [0, 0.1) is 0 Å². The Morgan fingerprint density at radius 3 is 2.63 bits per heavy atom. The van der Waals surface area contributed by atoms with Crippen LogP contribution in [0.2, 0.25) is 0 Å². The second-order valence-corrected chi connectivity index (χ2v) is 4.16. The van der Waals surface area contributed by atoms with Crippen LogP contribution < -0.4 is 5.32 Å². The van der Waals surface area contributed by atoms with Crippen LogP contribution in [0.25, 0.3) is 0 Å². The first kappa shape index (κ1) is 13.4. The molecule has 0 aliphatic carbocycles. The van der Waals surface area contributed by atoms with Gasteiger partial charge in [-0.15, -0.1) is 0 Å². The van der Waals surface area contributed by atoms with E-state index in [0.717, 1.165) is 17.0 Å². The molecule has 1 N–H and O–H groups in total. The number of hydrogen-bond acceptors (Lipinski definition) is 2. The van der Waals surface area contributed by atoms with Gasteiger partial charge in [0.1, 0.15) is 0 Å². The maximum Gasteiger partial charge on any atom is 0.416 e. The summed E-state index contributed by atoms with van der Waals surface area (Å²) in [6.45, 7) is 0.103. The third-order valence-corrected chi connectivity index (χ3v) is 2.76. The second-order valence-electron chi connectivity index (χ2n) is 4.16. The van der Waals surface area contributed by atoms with Crippen LogP contribution in [0.3, 0.4) is 0 Å². The Hall–Kier alpha value is -2.05. The lowest BCUT2D eigenvalue weighted by Gasteiger charge is -2.25. The Morgan fingerprint density at radius 2 is 2.00 bits per heavy atom. The minimum Gasteiger partial charge on any atom is -0.337 e. The maximum atomic E-state index is 12.5. The average Bonchev–Trinajstić information content (AvgIpc) is 2.33. The van der Waals surface area contributed by atoms with E-state index in [1.54, 1.807) is 0 Å². The van der Waals surface area contributed by atoms with Crippen molar-refractivity contribution in [1.82, 2.24) is 10.2 Å². The molecular formula is C12H11F3N2O2. The lowest BCUT2D eigenvalue weighted by Crippen LogP contribution is -2.49. The van der Waals surface area contributed by atoms with E-state index in [9.17, 15) is 22.8 Å². The normalized spacial score (nSPS) is 16.5. The summed E-state index contributed by atoms with van der Waals surface area (Å²) in [6.07, 6.45) is -4.28. The van der Waals surface area contributed by atoms with E-state index >= 15 is 0 Å². The first-order valence-electron chi connectivity index (χ1n) is 5.62. The molecule has 3 amide bonds. The Morgan fingerprint density at radius 1 is 1.26 bits per heavy atom. The van der Waals surface area contributed by atoms with E-state index in [0.29, 0.717) is 0 Å². The van der Waals surface area contributed by atoms with Gasteiger partial charge in [-0.3, -0.25) is 9.69 Å². The molecule has 102 valence electrons. The minimum absolute atomic E-state index is 0.157. The highest BCUT2D eigenvalue weighted by Crippen LogP contribution is 2.29. The number of urea groups is 1. The lowest BCUT2D eigenvalue weighted by atomic mass is 10.1. The summed E-state index contributed by atoms with van der Waals surface area (Å²) in [5.74, 6) is -0.388. The van der Waals surface area contributed by atoms with Crippen LogP contribution in [0.4, 0.5) is 18.0 Å². The topological polar surface area (TPSA) is 49.4 Å². The molecule has 2 rings (SSSR count). The van der Waals surface area contributed by atoms with Crippen LogP contribution >= 0.6 is 0 Å². The molecule has 1 heterocycles. The first-order valence-corrected chi connectivity index (χ1v) is 5.62. The summed E-state index contributed by atoms with van der Waals surface area (Å²) in [5, 5.41) is 2.47. The standard InChI is InChI=1S/C12H11F3N2O2/c13-12(14,15)9-3-1-2-8(6-9)7-17-10(18)4-5-16-11(17)19/h1-3,6H,4-5,7H2,(H,16,19). The summed E-state index contributed by atoms with van der Waals surface area (Å²) in [5.41, 5.74) is -0.532. The molecule has 4 nitrogen and oxygen atoms in total. The van der Waals surface area contributed by atoms with Crippen LogP contribution in [-0.2, 0) is 17.5 Å². The highest BCUT2D eigenvalue weighted by molar-refractivity contribution is 5.96. The van der Waals surface area contributed by atoms with Crippen molar-refractivity contribution < 1.29 is 22.8 Å². The molecule has 7 heteroatoms. The van der Waals surface area contributed by atoms with Gasteiger partial charge in [0.25, 0.3) is 0 Å². The van der Waals surface area contributed by atoms with Gasteiger partial charge in [0.2, 0.25) is 5.91 Å². The quantitative estimate of drug-likeness (QED) is 0.896. The number of carbonyl (C=O) groups is 2. The number of alkyl halides is 3. The van der Waals surface area contributed by atoms with Crippen molar-refractivity contribution in [3.63, 3.8) is 0 Å². The fraction of sp³-hybridized carbons (Fsp3) is 0.333. The van der Waals surface area contributed by atoms with Gasteiger partial charge in [-0.1, -0.05) is 12.1 Å². The zero-order valence-corrected chi connectivity index (χ0v) is 9.83. The fourth-order valence-electron chi connectivity index (χ4n) is 1.81. The first-order chi connectivity index (χ1) is 8.88. The van der Waals surface area contributed by atoms with E-state index in [2.05, 4.69) is 5.32 Å². The monoisotopic (exact) mass is 272 g/mol. The Labute approximate surface area is 107 Å². The van der Waals surface area contributed by atoms with Crippen molar-refractivity contribution in [2.24, 2.45) is 0 Å². The van der Waals surface area contributed by atoms with Gasteiger partial charge >= 0.3 is 12.2 Å². The minimum atomic E-state index is -4.44. The molecule has 1 fully saturated rings. The molecule has 1 aliphatic rings. The molecule has 1 saturated heterocycles. The van der Waals surface area contributed by atoms with Gasteiger partial charge in [0.05, 0.1) is 12.1 Å². The maximum absolute atomic E-state index is 12.5. The molecule has 1 aromatic carbocycles. The zero-order valence-electron chi connectivity index (χ0n) is 9.83. The van der Waals surface area contributed by atoms with Gasteiger partial charge in [0.15, 0.2) is 0 Å². The van der Waals surface area contributed by atoms with E-state index in [1.807, 2.05) is 0 Å². The predicted molar refractivity (Wildman–Crippen MR) is 60.0 cm³/mol. The molecule has 1 aromatic rings. The number of nitrogens with one attached hydrogen (secondary N) is 1. The lowest BCUT2D eigenvalue weighted by molar-refractivity contribution is -0.137.